The number of pyridine rings is 1. The molecule has 1 aromatic rings. The summed E-state index contributed by atoms with van der Waals surface area (Å²) < 4.78 is 6.92. The normalized spacial score (nSPS) is 14.7. The highest BCUT2D eigenvalue weighted by Crippen LogP contribution is 2.08. The number of ether oxygens (including phenoxy) is 1. The van der Waals surface area contributed by atoms with Crippen molar-refractivity contribution in [1.29, 1.82) is 0 Å². The van der Waals surface area contributed by atoms with Gasteiger partial charge in [-0.3, -0.25) is 0 Å². The van der Waals surface area contributed by atoms with Crippen LogP contribution in [-0.4, -0.2) is 5.11 Å². The van der Waals surface area contributed by atoms with Crippen LogP contribution in [0.2, 0.25) is 0 Å². The molecule has 0 spiro atoms. The second-order valence-electron chi connectivity index (χ2n) is 2.39. The molecule has 11 heavy (non-hydrogen) atoms. The zero-order valence-electron chi connectivity index (χ0n) is 5.90. The molecule has 0 amide bonds. The zero-order valence-corrected chi connectivity index (χ0v) is 5.90. The van der Waals surface area contributed by atoms with Crippen LogP contribution in [-0.2, 0) is 6.54 Å². The topological polar surface area (TPSA) is 33.3 Å². The van der Waals surface area contributed by atoms with Gasteiger partial charge in [0.25, 0.3) is 0 Å². The SMILES string of the molecule is OC1=COc2cccc[n+]2C1. The Bertz CT molecular complexity index is 307. The Morgan fingerprint density at radius 1 is 1.45 bits per heavy atom. The summed E-state index contributed by atoms with van der Waals surface area (Å²) in [7, 11) is 0. The summed E-state index contributed by atoms with van der Waals surface area (Å²) in [5.41, 5.74) is 0. The highest BCUT2D eigenvalue weighted by atomic mass is 16.5. The highest BCUT2D eigenvalue weighted by molar-refractivity contribution is 5.06. The van der Waals surface area contributed by atoms with Gasteiger partial charge in [0.15, 0.2) is 12.0 Å². The van der Waals surface area contributed by atoms with Gasteiger partial charge in [-0.2, -0.15) is 4.57 Å². The van der Waals surface area contributed by atoms with Crippen LogP contribution in [0.3, 0.4) is 0 Å². The molecular weight excluding hydrogens is 142 g/mol. The molecule has 0 radical (unpaired) electrons. The van der Waals surface area contributed by atoms with Crippen LogP contribution in [0.5, 0.6) is 5.88 Å². The lowest BCUT2D eigenvalue weighted by atomic mass is 10.4. The summed E-state index contributed by atoms with van der Waals surface area (Å²) in [4.78, 5) is 0. The molecule has 0 saturated carbocycles. The minimum Gasteiger partial charge on any atom is -0.504 e. The van der Waals surface area contributed by atoms with E-state index in [4.69, 9.17) is 9.84 Å². The van der Waals surface area contributed by atoms with Crippen LogP contribution < -0.4 is 9.30 Å². The van der Waals surface area contributed by atoms with Crippen molar-refractivity contribution in [3.05, 3.63) is 36.4 Å². The second-order valence-corrected chi connectivity index (χ2v) is 2.39. The van der Waals surface area contributed by atoms with Gasteiger partial charge in [0.05, 0.1) is 6.07 Å². The predicted octanol–water partition coefficient (Wildman–Crippen LogP) is 0.766. The van der Waals surface area contributed by atoms with Crippen molar-refractivity contribution in [3.8, 4) is 5.88 Å². The minimum absolute atomic E-state index is 0.244. The number of hydrogen-bond acceptors (Lipinski definition) is 2. The van der Waals surface area contributed by atoms with E-state index >= 15 is 0 Å². The maximum Gasteiger partial charge on any atom is 0.373 e. The molecule has 2 heterocycles. The molecule has 0 aliphatic carbocycles. The summed E-state index contributed by atoms with van der Waals surface area (Å²) >= 11 is 0. The van der Waals surface area contributed by atoms with Gasteiger partial charge in [-0.25, -0.2) is 0 Å². The lowest BCUT2D eigenvalue weighted by Crippen LogP contribution is -2.38. The third-order valence-corrected chi connectivity index (χ3v) is 1.55. The summed E-state index contributed by atoms with van der Waals surface area (Å²) in [5, 5.41) is 9.07. The Kier molecular flexibility index (Phi) is 1.28. The molecule has 1 N–H and O–H groups in total. The van der Waals surface area contributed by atoms with Crippen molar-refractivity contribution < 1.29 is 14.4 Å². The molecular formula is C8H8NO2+. The first-order valence-electron chi connectivity index (χ1n) is 3.39. The average molecular weight is 150 g/mol. The van der Waals surface area contributed by atoms with E-state index in [1.807, 2.05) is 29.0 Å². The van der Waals surface area contributed by atoms with E-state index in [2.05, 4.69) is 0 Å². The van der Waals surface area contributed by atoms with E-state index in [0.717, 1.165) is 5.88 Å². The molecule has 0 bridgehead atoms. The Morgan fingerprint density at radius 3 is 3.27 bits per heavy atom. The molecule has 3 heteroatoms. The number of aliphatic hydroxyl groups excluding tert-OH is 1. The van der Waals surface area contributed by atoms with Gasteiger partial charge in [-0.1, -0.05) is 0 Å². The molecule has 0 unspecified atom stereocenters. The Morgan fingerprint density at radius 2 is 2.36 bits per heavy atom. The van der Waals surface area contributed by atoms with E-state index < -0.39 is 0 Å². The standard InChI is InChI=1S/C8H7NO2/c10-7-5-9-4-2-1-3-8(9)11-6-7/h1-4,6H,5H2/p+1. The zero-order chi connectivity index (χ0) is 7.68. The molecule has 0 saturated heterocycles. The minimum atomic E-state index is 0.244. The summed E-state index contributed by atoms with van der Waals surface area (Å²) in [6.07, 6.45) is 3.22. The molecule has 0 atom stereocenters. The van der Waals surface area contributed by atoms with Gasteiger partial charge < -0.3 is 9.84 Å². The molecule has 0 fully saturated rings. The lowest BCUT2D eigenvalue weighted by Gasteiger charge is -2.06. The third kappa shape index (κ3) is 1.05. The average Bonchev–Trinajstić information content (AvgIpc) is 2.04. The molecule has 56 valence electrons. The monoisotopic (exact) mass is 150 g/mol. The number of hydrogen-bond donors (Lipinski definition) is 1. The van der Waals surface area contributed by atoms with Crippen molar-refractivity contribution in [2.75, 3.05) is 0 Å². The van der Waals surface area contributed by atoms with Gasteiger partial charge in [0, 0.05) is 6.07 Å². The largest absolute Gasteiger partial charge is 0.504 e. The number of allylic oxidation sites excluding steroid dienone is 1. The molecule has 1 aliphatic rings. The molecule has 3 nitrogen and oxygen atoms in total. The fourth-order valence-electron chi connectivity index (χ4n) is 1.04. The predicted molar refractivity (Wildman–Crippen MR) is 38.0 cm³/mol. The Hall–Kier alpha value is -1.51. The fourth-order valence-corrected chi connectivity index (χ4v) is 1.04. The van der Waals surface area contributed by atoms with E-state index in [1.165, 1.54) is 6.26 Å². The lowest BCUT2D eigenvalue weighted by molar-refractivity contribution is -0.699. The van der Waals surface area contributed by atoms with Gasteiger partial charge in [-0.15, -0.1) is 0 Å². The maximum absolute atomic E-state index is 9.07. The van der Waals surface area contributed by atoms with Crippen LogP contribution in [0.25, 0.3) is 0 Å². The van der Waals surface area contributed by atoms with Crippen LogP contribution in [0.15, 0.2) is 36.4 Å². The van der Waals surface area contributed by atoms with Gasteiger partial charge in [-0.05, 0) is 6.07 Å². The van der Waals surface area contributed by atoms with Crippen molar-refractivity contribution in [2.24, 2.45) is 0 Å². The van der Waals surface area contributed by atoms with Crippen molar-refractivity contribution in [2.45, 2.75) is 6.54 Å². The highest BCUT2D eigenvalue weighted by Gasteiger charge is 2.16. The van der Waals surface area contributed by atoms with E-state index in [-0.39, 0.29) is 5.76 Å². The van der Waals surface area contributed by atoms with E-state index in [0.29, 0.717) is 6.54 Å². The maximum atomic E-state index is 9.07. The third-order valence-electron chi connectivity index (χ3n) is 1.55. The van der Waals surface area contributed by atoms with Gasteiger partial charge in [0.1, 0.15) is 6.26 Å². The first-order chi connectivity index (χ1) is 5.36. The molecule has 1 aromatic heterocycles. The summed E-state index contributed by atoms with van der Waals surface area (Å²) in [5.74, 6) is 0.999. The summed E-state index contributed by atoms with van der Waals surface area (Å²) in [6.45, 7) is 0.496. The first-order valence-corrected chi connectivity index (χ1v) is 3.39. The number of nitrogens with zero attached hydrogens (tertiary/aromatic N) is 1. The number of rotatable bonds is 0. The van der Waals surface area contributed by atoms with E-state index in [1.54, 1.807) is 0 Å². The van der Waals surface area contributed by atoms with Gasteiger partial charge >= 0.3 is 5.88 Å². The van der Waals surface area contributed by atoms with Crippen molar-refractivity contribution in [3.63, 3.8) is 0 Å². The summed E-state index contributed by atoms with van der Waals surface area (Å²) in [6, 6.07) is 5.64. The van der Waals surface area contributed by atoms with Crippen LogP contribution >= 0.6 is 0 Å². The quantitative estimate of drug-likeness (QED) is 0.554. The Balaban J connectivity index is 2.42. The number of aliphatic hydroxyl groups is 1. The Labute approximate surface area is 64.2 Å². The smallest absolute Gasteiger partial charge is 0.373 e. The first kappa shape index (κ1) is 6.22. The molecule has 2 rings (SSSR count). The van der Waals surface area contributed by atoms with Gasteiger partial charge in [0.2, 0.25) is 6.54 Å². The number of aromatic nitrogens is 1. The van der Waals surface area contributed by atoms with Crippen LogP contribution in [0.1, 0.15) is 0 Å². The van der Waals surface area contributed by atoms with Crippen LogP contribution in [0, 0.1) is 0 Å². The second kappa shape index (κ2) is 2.27. The van der Waals surface area contributed by atoms with Crippen LogP contribution in [0.4, 0.5) is 0 Å². The fraction of sp³-hybridized carbons (Fsp3) is 0.125. The van der Waals surface area contributed by atoms with Crippen molar-refractivity contribution >= 4 is 0 Å². The molecule has 0 aromatic carbocycles. The van der Waals surface area contributed by atoms with E-state index in [9.17, 15) is 0 Å². The molecule has 1 aliphatic heterocycles. The van der Waals surface area contributed by atoms with Crippen molar-refractivity contribution in [1.82, 2.24) is 0 Å². The number of fused-ring (bicyclic) bond motifs is 1.